The number of para-hydroxylation sites is 1. The molecule has 0 saturated carbocycles. The number of halogens is 3. The first-order valence-corrected chi connectivity index (χ1v) is 9.27. The second-order valence-electron chi connectivity index (χ2n) is 6.85. The van der Waals surface area contributed by atoms with E-state index >= 15 is 0 Å². The van der Waals surface area contributed by atoms with Crippen LogP contribution in [0.15, 0.2) is 48.5 Å². The molecular formula is C22H19F3N4O2. The minimum atomic E-state index is -1.15. The lowest BCUT2D eigenvalue weighted by Gasteiger charge is -2.22. The Morgan fingerprint density at radius 1 is 1.00 bits per heavy atom. The van der Waals surface area contributed by atoms with Gasteiger partial charge in [-0.25, -0.2) is 27.8 Å². The van der Waals surface area contributed by atoms with Crippen LogP contribution in [0.5, 0.6) is 0 Å². The summed E-state index contributed by atoms with van der Waals surface area (Å²) in [6.07, 6.45) is 0.245. The Morgan fingerprint density at radius 2 is 1.68 bits per heavy atom. The molecule has 31 heavy (non-hydrogen) atoms. The lowest BCUT2D eigenvalue weighted by atomic mass is 9.98. The molecule has 3 aromatic rings. The van der Waals surface area contributed by atoms with E-state index in [4.69, 9.17) is 11.5 Å². The molecule has 160 valence electrons. The molecular weight excluding hydrogens is 409 g/mol. The average molecular weight is 428 g/mol. The Hall–Kier alpha value is -3.88. The number of benzene rings is 2. The number of rotatable bonds is 6. The van der Waals surface area contributed by atoms with Crippen LogP contribution in [-0.2, 0) is 11.2 Å². The van der Waals surface area contributed by atoms with Crippen molar-refractivity contribution in [1.82, 2.24) is 4.98 Å². The van der Waals surface area contributed by atoms with Gasteiger partial charge in [-0.15, -0.1) is 0 Å². The molecule has 0 saturated heterocycles. The van der Waals surface area contributed by atoms with Gasteiger partial charge in [-0.05, 0) is 60.9 Å². The largest absolute Gasteiger partial charge is 0.370 e. The Morgan fingerprint density at radius 3 is 2.26 bits per heavy atom. The van der Waals surface area contributed by atoms with E-state index in [1.165, 1.54) is 24.3 Å². The quantitative estimate of drug-likeness (QED) is 0.618. The van der Waals surface area contributed by atoms with Gasteiger partial charge in [0.05, 0.1) is 5.69 Å². The number of aromatic nitrogens is 1. The maximum absolute atomic E-state index is 14.4. The van der Waals surface area contributed by atoms with Gasteiger partial charge in [0, 0.05) is 12.0 Å². The zero-order valence-corrected chi connectivity index (χ0v) is 16.5. The molecule has 0 radical (unpaired) electrons. The topological polar surface area (TPSA) is 102 Å². The van der Waals surface area contributed by atoms with Gasteiger partial charge in [0.25, 0.3) is 0 Å². The predicted molar refractivity (Wildman–Crippen MR) is 110 cm³/mol. The second-order valence-corrected chi connectivity index (χ2v) is 6.85. The molecule has 0 aliphatic heterocycles. The van der Waals surface area contributed by atoms with Crippen molar-refractivity contribution < 1.29 is 22.8 Å². The minimum absolute atomic E-state index is 0.0236. The number of anilines is 2. The first-order chi connectivity index (χ1) is 14.7. The molecule has 4 N–H and O–H groups in total. The lowest BCUT2D eigenvalue weighted by molar-refractivity contribution is -0.117. The molecule has 0 unspecified atom stereocenters. The molecule has 0 aliphatic carbocycles. The van der Waals surface area contributed by atoms with Crippen LogP contribution < -0.4 is 16.4 Å². The van der Waals surface area contributed by atoms with Crippen molar-refractivity contribution in [3.63, 3.8) is 0 Å². The first-order valence-electron chi connectivity index (χ1n) is 9.27. The number of amides is 3. The number of aryl methyl sites for hydroxylation is 2. The Balaban J connectivity index is 2.21. The highest BCUT2D eigenvalue weighted by molar-refractivity contribution is 5.98. The van der Waals surface area contributed by atoms with Crippen molar-refractivity contribution in [3.05, 3.63) is 77.1 Å². The van der Waals surface area contributed by atoms with Gasteiger partial charge in [0.1, 0.15) is 29.0 Å². The number of primary amides is 2. The number of nitrogens with two attached hydrogens (primary N) is 2. The van der Waals surface area contributed by atoms with Gasteiger partial charge in [-0.3, -0.25) is 4.79 Å². The van der Waals surface area contributed by atoms with E-state index in [1.807, 2.05) is 0 Å². The summed E-state index contributed by atoms with van der Waals surface area (Å²) in [4.78, 5) is 28.4. The molecule has 0 bridgehead atoms. The van der Waals surface area contributed by atoms with Crippen LogP contribution in [0.2, 0.25) is 0 Å². The number of urea groups is 1. The first kappa shape index (κ1) is 21.8. The molecule has 0 fully saturated rings. The van der Waals surface area contributed by atoms with Gasteiger partial charge in [0.2, 0.25) is 5.91 Å². The number of carbonyl (C=O) groups excluding carboxylic acids is 2. The average Bonchev–Trinajstić information content (AvgIpc) is 2.69. The number of hydrogen-bond donors (Lipinski definition) is 2. The van der Waals surface area contributed by atoms with Crippen molar-refractivity contribution in [3.8, 4) is 11.3 Å². The summed E-state index contributed by atoms with van der Waals surface area (Å²) in [7, 11) is 0. The Labute approximate surface area is 176 Å². The fourth-order valence-corrected chi connectivity index (χ4v) is 3.23. The van der Waals surface area contributed by atoms with E-state index in [0.29, 0.717) is 27.3 Å². The monoisotopic (exact) mass is 428 g/mol. The molecule has 3 rings (SSSR count). The second kappa shape index (κ2) is 8.86. The fourth-order valence-electron chi connectivity index (χ4n) is 3.23. The van der Waals surface area contributed by atoms with Crippen molar-refractivity contribution in [2.75, 3.05) is 4.90 Å². The van der Waals surface area contributed by atoms with Crippen molar-refractivity contribution in [2.45, 2.75) is 19.8 Å². The molecule has 1 heterocycles. The summed E-state index contributed by atoms with van der Waals surface area (Å²) in [5, 5.41) is 0. The molecule has 1 aromatic heterocycles. The van der Waals surface area contributed by atoms with E-state index in [1.54, 1.807) is 13.0 Å². The zero-order valence-electron chi connectivity index (χ0n) is 16.5. The lowest BCUT2D eigenvalue weighted by Crippen LogP contribution is -2.33. The Bertz CT molecular complexity index is 1150. The van der Waals surface area contributed by atoms with Crippen LogP contribution in [0, 0.1) is 24.4 Å². The van der Waals surface area contributed by atoms with Crippen LogP contribution in [0.25, 0.3) is 11.3 Å². The van der Waals surface area contributed by atoms with Crippen molar-refractivity contribution in [1.29, 1.82) is 0 Å². The molecule has 3 amide bonds. The van der Waals surface area contributed by atoms with Crippen LogP contribution in [0.1, 0.15) is 17.5 Å². The van der Waals surface area contributed by atoms with E-state index in [0.717, 1.165) is 18.2 Å². The van der Waals surface area contributed by atoms with Crippen molar-refractivity contribution >= 4 is 23.4 Å². The van der Waals surface area contributed by atoms with Gasteiger partial charge in [-0.2, -0.15) is 0 Å². The molecule has 0 spiro atoms. The van der Waals surface area contributed by atoms with Crippen LogP contribution in [0.3, 0.4) is 0 Å². The summed E-state index contributed by atoms with van der Waals surface area (Å²) in [5.41, 5.74) is 11.9. The van der Waals surface area contributed by atoms with Crippen LogP contribution >= 0.6 is 0 Å². The van der Waals surface area contributed by atoms with E-state index in [9.17, 15) is 22.8 Å². The standard InChI is InChI=1S/C22H19F3N4O2/c1-12-11-14(23)7-8-15(12)20-13(5-9-18(26)30)6-10-19(28-20)29(22(27)31)21-16(24)3-2-4-17(21)25/h2-4,6-8,10-11H,5,9H2,1H3,(H2,26,30)(H2,27,31). The minimum Gasteiger partial charge on any atom is -0.370 e. The highest BCUT2D eigenvalue weighted by Gasteiger charge is 2.25. The fraction of sp³-hybridized carbons (Fsp3) is 0.136. The third-order valence-corrected chi connectivity index (χ3v) is 4.66. The molecule has 6 nitrogen and oxygen atoms in total. The van der Waals surface area contributed by atoms with E-state index in [2.05, 4.69) is 4.98 Å². The van der Waals surface area contributed by atoms with Gasteiger partial charge in [0.15, 0.2) is 0 Å². The summed E-state index contributed by atoms with van der Waals surface area (Å²) < 4.78 is 42.3. The molecule has 2 aromatic carbocycles. The summed E-state index contributed by atoms with van der Waals surface area (Å²) in [6.45, 7) is 1.66. The maximum Gasteiger partial charge on any atom is 0.325 e. The summed E-state index contributed by atoms with van der Waals surface area (Å²) in [5.74, 6) is -3.13. The highest BCUT2D eigenvalue weighted by Crippen LogP contribution is 2.33. The third-order valence-electron chi connectivity index (χ3n) is 4.66. The molecule has 0 aliphatic rings. The van der Waals surface area contributed by atoms with Gasteiger partial charge in [-0.1, -0.05) is 12.1 Å². The summed E-state index contributed by atoms with van der Waals surface area (Å²) >= 11 is 0. The molecule has 9 heteroatoms. The molecule has 0 atom stereocenters. The van der Waals surface area contributed by atoms with Crippen LogP contribution in [-0.4, -0.2) is 16.9 Å². The van der Waals surface area contributed by atoms with Crippen LogP contribution in [0.4, 0.5) is 29.5 Å². The number of carbonyl (C=O) groups is 2. The highest BCUT2D eigenvalue weighted by atomic mass is 19.1. The maximum atomic E-state index is 14.4. The smallest absolute Gasteiger partial charge is 0.325 e. The number of nitrogens with zero attached hydrogens (tertiary/aromatic N) is 2. The Kier molecular flexibility index (Phi) is 6.24. The number of hydrogen-bond acceptors (Lipinski definition) is 3. The zero-order chi connectivity index (χ0) is 22.7. The van der Waals surface area contributed by atoms with E-state index < -0.39 is 35.1 Å². The SMILES string of the molecule is Cc1cc(F)ccc1-c1nc(N(C(N)=O)c2c(F)cccc2F)ccc1CCC(N)=O. The predicted octanol–water partition coefficient (Wildman–Crippen LogP) is 4.11. The van der Waals surface area contributed by atoms with Gasteiger partial charge >= 0.3 is 6.03 Å². The van der Waals surface area contributed by atoms with Gasteiger partial charge < -0.3 is 11.5 Å². The third kappa shape index (κ3) is 4.66. The summed E-state index contributed by atoms with van der Waals surface area (Å²) in [6, 6.07) is 8.91. The van der Waals surface area contributed by atoms with Crippen molar-refractivity contribution in [2.24, 2.45) is 11.5 Å². The number of pyridine rings is 1. The van der Waals surface area contributed by atoms with E-state index in [-0.39, 0.29) is 18.7 Å². The normalized spacial score (nSPS) is 10.7.